The molecule has 156 valence electrons. The number of rotatable bonds is 2. The summed E-state index contributed by atoms with van der Waals surface area (Å²) < 4.78 is 26.5. The smallest absolute Gasteiger partial charge is 0.267 e. The maximum Gasteiger partial charge on any atom is 0.267 e. The summed E-state index contributed by atoms with van der Waals surface area (Å²) in [5, 5.41) is 0. The van der Waals surface area contributed by atoms with Gasteiger partial charge in [0.05, 0.1) is 4.90 Å². The first kappa shape index (κ1) is 20.5. The van der Waals surface area contributed by atoms with Gasteiger partial charge in [0.25, 0.3) is 10.0 Å². The molecule has 0 saturated heterocycles. The van der Waals surface area contributed by atoms with Gasteiger partial charge in [-0.3, -0.25) is 9.59 Å². The Morgan fingerprint density at radius 3 is 2.30 bits per heavy atom. The average molecular weight is 424 g/mol. The lowest BCUT2D eigenvalue weighted by molar-refractivity contribution is -0.115. The summed E-state index contributed by atoms with van der Waals surface area (Å²) in [4.78, 5) is 23.2. The second kappa shape index (κ2) is 8.19. The van der Waals surface area contributed by atoms with Crippen molar-refractivity contribution in [1.29, 1.82) is 0 Å². The number of aryl methyl sites for hydroxylation is 1. The van der Waals surface area contributed by atoms with Gasteiger partial charge in [-0.15, -0.1) is 0 Å². The number of fused-ring (bicyclic) bond motifs is 1. The molecule has 0 saturated carbocycles. The summed E-state index contributed by atoms with van der Waals surface area (Å²) in [6.07, 6.45) is 11.4. The van der Waals surface area contributed by atoms with Crippen molar-refractivity contribution in [2.75, 3.05) is 0 Å². The molecule has 0 amide bonds. The molecule has 1 heterocycles. The van der Waals surface area contributed by atoms with E-state index in [1.165, 1.54) is 15.7 Å². The van der Waals surface area contributed by atoms with Crippen LogP contribution in [0.15, 0.2) is 64.7 Å². The van der Waals surface area contributed by atoms with Crippen LogP contribution >= 0.6 is 0 Å². The Morgan fingerprint density at radius 1 is 0.867 bits per heavy atom. The van der Waals surface area contributed by atoms with Crippen LogP contribution in [0.25, 0.3) is 0 Å². The van der Waals surface area contributed by atoms with Gasteiger partial charge in [-0.1, -0.05) is 35.4 Å². The normalized spacial score (nSPS) is 18.0. The molecule has 3 aliphatic carbocycles. The van der Waals surface area contributed by atoms with E-state index in [1.54, 1.807) is 30.3 Å². The predicted molar refractivity (Wildman–Crippen MR) is 115 cm³/mol. The molecule has 1 aromatic carbocycles. The zero-order valence-corrected chi connectivity index (χ0v) is 17.9. The van der Waals surface area contributed by atoms with Crippen molar-refractivity contribution in [3.8, 4) is 0 Å². The van der Waals surface area contributed by atoms with Crippen molar-refractivity contribution in [3.05, 3.63) is 76.6 Å². The fraction of sp³-hybridized carbons (Fsp3) is 0.333. The number of aromatic nitrogens is 1. The molecular formula is C24H25NO4S. The number of benzene rings is 1. The van der Waals surface area contributed by atoms with Gasteiger partial charge in [-0.05, 0) is 57.2 Å². The third-order valence-corrected chi connectivity index (χ3v) is 7.59. The topological polar surface area (TPSA) is 73.2 Å². The molecule has 3 aliphatic rings. The molecule has 0 N–H and O–H groups in total. The second-order valence-electron chi connectivity index (χ2n) is 7.97. The Morgan fingerprint density at radius 2 is 1.57 bits per heavy atom. The van der Waals surface area contributed by atoms with E-state index >= 15 is 0 Å². The number of Topliss-reactive ketones (excluding diaryl/α,β-unsaturated/α-hetero) is 2. The quantitative estimate of drug-likeness (QED) is 0.710. The summed E-state index contributed by atoms with van der Waals surface area (Å²) in [5.74, 6) is 0.388. The molecular weight excluding hydrogens is 398 g/mol. The van der Waals surface area contributed by atoms with E-state index in [-0.39, 0.29) is 10.7 Å². The third kappa shape index (κ3) is 3.84. The molecule has 0 bridgehead atoms. The minimum absolute atomic E-state index is 0.0316. The van der Waals surface area contributed by atoms with E-state index in [0.29, 0.717) is 36.3 Å². The molecule has 30 heavy (non-hydrogen) atoms. The number of hydrogen-bond donors (Lipinski definition) is 0. The number of carbonyl (C=O) groups excluding carboxylic acids is 2. The van der Waals surface area contributed by atoms with Gasteiger partial charge >= 0.3 is 0 Å². The highest BCUT2D eigenvalue weighted by Gasteiger charge is 2.26. The zero-order valence-electron chi connectivity index (χ0n) is 17.1. The van der Waals surface area contributed by atoms with E-state index in [2.05, 4.69) is 6.08 Å². The van der Waals surface area contributed by atoms with Gasteiger partial charge in [-0.2, -0.15) is 0 Å². The largest absolute Gasteiger partial charge is 0.294 e. The van der Waals surface area contributed by atoms with Crippen LogP contribution < -0.4 is 0 Å². The average Bonchev–Trinajstić information content (AvgIpc) is 3.37. The fourth-order valence-electron chi connectivity index (χ4n) is 4.22. The van der Waals surface area contributed by atoms with Crippen molar-refractivity contribution in [1.82, 2.24) is 3.97 Å². The summed E-state index contributed by atoms with van der Waals surface area (Å²) >= 11 is 0. The Balaban J connectivity index is 0.000000181. The Kier molecular flexibility index (Phi) is 5.60. The van der Waals surface area contributed by atoms with Crippen LogP contribution in [0.5, 0.6) is 0 Å². The van der Waals surface area contributed by atoms with Crippen molar-refractivity contribution in [3.63, 3.8) is 0 Å². The molecule has 2 aromatic rings. The van der Waals surface area contributed by atoms with Gasteiger partial charge < -0.3 is 0 Å². The first-order valence-electron chi connectivity index (χ1n) is 10.4. The Hall–Kier alpha value is -2.73. The second-order valence-corrected chi connectivity index (χ2v) is 9.78. The molecule has 6 heteroatoms. The van der Waals surface area contributed by atoms with E-state index in [9.17, 15) is 18.0 Å². The van der Waals surface area contributed by atoms with Crippen LogP contribution in [0.1, 0.15) is 60.1 Å². The minimum atomic E-state index is -3.61. The van der Waals surface area contributed by atoms with Crippen molar-refractivity contribution in [2.45, 2.75) is 56.8 Å². The number of nitrogens with zero attached hydrogens (tertiary/aromatic N) is 1. The van der Waals surface area contributed by atoms with E-state index in [4.69, 9.17) is 0 Å². The summed E-state index contributed by atoms with van der Waals surface area (Å²) in [5.41, 5.74) is 4.56. The van der Waals surface area contributed by atoms with Crippen LogP contribution in [0.4, 0.5) is 0 Å². The van der Waals surface area contributed by atoms with Crippen molar-refractivity contribution in [2.24, 2.45) is 0 Å². The van der Waals surface area contributed by atoms with Crippen LogP contribution in [-0.4, -0.2) is 24.0 Å². The molecule has 0 aliphatic heterocycles. The molecule has 0 radical (unpaired) electrons. The lowest BCUT2D eigenvalue weighted by Crippen LogP contribution is -2.19. The van der Waals surface area contributed by atoms with E-state index < -0.39 is 10.0 Å². The highest BCUT2D eigenvalue weighted by Crippen LogP contribution is 2.30. The molecule has 5 rings (SSSR count). The lowest BCUT2D eigenvalue weighted by Gasteiger charge is -2.15. The third-order valence-electron chi connectivity index (χ3n) is 5.86. The maximum absolute atomic E-state index is 12.6. The van der Waals surface area contributed by atoms with Gasteiger partial charge in [-0.25, -0.2) is 12.4 Å². The SMILES string of the molecule is Cc1ccc(S(=O)(=O)n2ccc3c2CCCC3=O)cc1.O=C1CCCC2=C1C=CC2. The van der Waals surface area contributed by atoms with Crippen molar-refractivity contribution < 1.29 is 18.0 Å². The molecule has 0 atom stereocenters. The molecule has 0 fully saturated rings. The predicted octanol–water partition coefficient (Wildman–Crippen LogP) is 4.55. The van der Waals surface area contributed by atoms with Crippen LogP contribution in [0, 0.1) is 6.92 Å². The number of allylic oxidation sites excluding steroid dienone is 4. The maximum atomic E-state index is 12.6. The number of hydrogen-bond acceptors (Lipinski definition) is 4. The van der Waals surface area contributed by atoms with E-state index in [1.807, 2.05) is 13.0 Å². The standard InChI is InChI=1S/C15H15NO3S.C9H10O/c1-11-5-7-12(8-6-11)20(18,19)16-10-9-13-14(16)3-2-4-15(13)17;10-9-6-2-4-7-3-1-5-8(7)9/h5-10H,2-4H2,1H3;1,5H,2-4,6H2. The molecule has 0 spiro atoms. The fourth-order valence-corrected chi connectivity index (χ4v) is 5.62. The molecule has 0 unspecified atom stereocenters. The van der Waals surface area contributed by atoms with Crippen molar-refractivity contribution >= 4 is 21.6 Å². The van der Waals surface area contributed by atoms with Gasteiger partial charge in [0.15, 0.2) is 11.6 Å². The Labute approximate surface area is 177 Å². The van der Waals surface area contributed by atoms with E-state index in [0.717, 1.165) is 36.8 Å². The highest BCUT2D eigenvalue weighted by molar-refractivity contribution is 7.90. The Bertz CT molecular complexity index is 1160. The zero-order chi connectivity index (χ0) is 21.3. The monoisotopic (exact) mass is 423 g/mol. The summed E-state index contributed by atoms with van der Waals surface area (Å²) in [6, 6.07) is 8.36. The lowest BCUT2D eigenvalue weighted by atomic mass is 9.93. The molecule has 5 nitrogen and oxygen atoms in total. The van der Waals surface area contributed by atoms with Crippen LogP contribution in [0.2, 0.25) is 0 Å². The summed E-state index contributed by atoms with van der Waals surface area (Å²) in [7, 11) is -3.61. The first-order valence-corrected chi connectivity index (χ1v) is 11.8. The van der Waals surface area contributed by atoms with Gasteiger partial charge in [0.1, 0.15) is 0 Å². The summed E-state index contributed by atoms with van der Waals surface area (Å²) in [6.45, 7) is 1.91. The highest BCUT2D eigenvalue weighted by atomic mass is 32.2. The number of ketones is 2. The molecule has 1 aromatic heterocycles. The van der Waals surface area contributed by atoms with Gasteiger partial charge in [0.2, 0.25) is 0 Å². The van der Waals surface area contributed by atoms with Crippen LogP contribution in [-0.2, 0) is 21.2 Å². The first-order chi connectivity index (χ1) is 14.4. The van der Waals surface area contributed by atoms with Crippen LogP contribution in [0.3, 0.4) is 0 Å². The number of carbonyl (C=O) groups is 2. The van der Waals surface area contributed by atoms with Gasteiger partial charge in [0, 0.05) is 35.9 Å². The minimum Gasteiger partial charge on any atom is -0.294 e.